The number of aryl methyl sites for hydroxylation is 1. The third-order valence-corrected chi connectivity index (χ3v) is 6.66. The number of rotatable bonds is 6. The summed E-state index contributed by atoms with van der Waals surface area (Å²) in [5, 5.41) is 3.20. The monoisotopic (exact) mass is 426 g/mol. The summed E-state index contributed by atoms with van der Waals surface area (Å²) < 4.78 is 45.9. The number of hydrogen-bond acceptors (Lipinski definition) is 4. The Balaban J connectivity index is 1.70. The molecular weight excluding hydrogens is 407 g/mol. The lowest BCUT2D eigenvalue weighted by Crippen LogP contribution is -2.40. The molecule has 0 saturated carbocycles. The highest BCUT2D eigenvalue weighted by Gasteiger charge is 2.29. The first kappa shape index (κ1) is 20.7. The lowest BCUT2D eigenvalue weighted by Gasteiger charge is -2.26. The number of carbonyl (C=O) groups excluding carboxylic acids is 1. The van der Waals surface area contributed by atoms with Gasteiger partial charge in [0.15, 0.2) is 0 Å². The minimum absolute atomic E-state index is 0.159. The molecule has 0 spiro atoms. The number of amides is 1. The summed E-state index contributed by atoms with van der Waals surface area (Å²) in [6, 6.07) is 10.7. The molecule has 6 nitrogen and oxygen atoms in total. The van der Waals surface area contributed by atoms with Crippen LogP contribution >= 0.6 is 11.6 Å². The number of sulfonamides is 1. The Labute approximate surface area is 168 Å². The zero-order valence-electron chi connectivity index (χ0n) is 15.0. The van der Waals surface area contributed by atoms with Crippen LogP contribution in [0.15, 0.2) is 47.4 Å². The quantitative estimate of drug-likeness (QED) is 0.770. The van der Waals surface area contributed by atoms with E-state index in [0.717, 1.165) is 17.7 Å². The van der Waals surface area contributed by atoms with Gasteiger partial charge in [0.05, 0.1) is 13.2 Å². The normalized spacial score (nSPS) is 15.4. The van der Waals surface area contributed by atoms with E-state index >= 15 is 0 Å². The third kappa shape index (κ3) is 4.88. The smallest absolute Gasteiger partial charge is 0.246 e. The molecule has 0 aliphatic carbocycles. The molecule has 1 saturated heterocycles. The Hall–Kier alpha value is -2.00. The summed E-state index contributed by atoms with van der Waals surface area (Å²) in [5.74, 6) is -1.18. The number of nitrogens with one attached hydrogen (secondary N) is 1. The van der Waals surface area contributed by atoms with Crippen LogP contribution < -0.4 is 5.32 Å². The molecule has 9 heteroatoms. The summed E-state index contributed by atoms with van der Waals surface area (Å²) in [7, 11) is -4.00. The second-order valence-corrected chi connectivity index (χ2v) is 8.61. The van der Waals surface area contributed by atoms with Crippen molar-refractivity contribution in [3.8, 4) is 0 Å². The summed E-state index contributed by atoms with van der Waals surface area (Å²) in [6.07, 6.45) is 0.596. The molecule has 0 bridgehead atoms. The highest BCUT2D eigenvalue weighted by Crippen LogP contribution is 2.24. The van der Waals surface area contributed by atoms with Gasteiger partial charge in [0.1, 0.15) is 10.7 Å². The number of morpholine rings is 1. The van der Waals surface area contributed by atoms with Crippen LogP contribution in [0.1, 0.15) is 12.0 Å². The maximum Gasteiger partial charge on any atom is 0.246 e. The van der Waals surface area contributed by atoms with Gasteiger partial charge in [0.25, 0.3) is 0 Å². The van der Waals surface area contributed by atoms with E-state index in [9.17, 15) is 17.6 Å². The van der Waals surface area contributed by atoms with Crippen LogP contribution in [0.3, 0.4) is 0 Å². The number of carbonyl (C=O) groups is 1. The van der Waals surface area contributed by atoms with Gasteiger partial charge in [-0.3, -0.25) is 4.79 Å². The second kappa shape index (κ2) is 9.00. The fourth-order valence-corrected chi connectivity index (χ4v) is 4.61. The molecule has 1 aliphatic rings. The molecule has 1 heterocycles. The SMILES string of the molecule is O=C(CCc1ccccc1Cl)Nc1ccc(F)c(S(=O)(=O)N2CCOCC2)c1. The predicted molar refractivity (Wildman–Crippen MR) is 104 cm³/mol. The molecule has 0 atom stereocenters. The molecular formula is C19H20ClFN2O4S. The summed E-state index contributed by atoms with van der Waals surface area (Å²) >= 11 is 6.08. The topological polar surface area (TPSA) is 75.7 Å². The molecule has 0 unspecified atom stereocenters. The van der Waals surface area contributed by atoms with Crippen LogP contribution in [0.4, 0.5) is 10.1 Å². The first-order valence-corrected chi connectivity index (χ1v) is 10.6. The van der Waals surface area contributed by atoms with E-state index in [1.807, 2.05) is 12.1 Å². The summed E-state index contributed by atoms with van der Waals surface area (Å²) in [6.45, 7) is 0.852. The van der Waals surface area contributed by atoms with E-state index in [-0.39, 0.29) is 44.3 Å². The van der Waals surface area contributed by atoms with Gasteiger partial charge in [-0.1, -0.05) is 29.8 Å². The lowest BCUT2D eigenvalue weighted by atomic mass is 10.1. The lowest BCUT2D eigenvalue weighted by molar-refractivity contribution is -0.116. The molecule has 1 N–H and O–H groups in total. The van der Waals surface area contributed by atoms with E-state index in [1.165, 1.54) is 10.4 Å². The van der Waals surface area contributed by atoms with Gasteiger partial charge in [-0.25, -0.2) is 12.8 Å². The van der Waals surface area contributed by atoms with Crippen LogP contribution in [0.25, 0.3) is 0 Å². The third-order valence-electron chi connectivity index (χ3n) is 4.38. The van der Waals surface area contributed by atoms with Crippen molar-refractivity contribution in [1.29, 1.82) is 0 Å². The van der Waals surface area contributed by atoms with Gasteiger partial charge < -0.3 is 10.1 Å². The van der Waals surface area contributed by atoms with Crippen LogP contribution in [-0.2, 0) is 26.0 Å². The minimum Gasteiger partial charge on any atom is -0.379 e. The van der Waals surface area contributed by atoms with Gasteiger partial charge >= 0.3 is 0 Å². The van der Waals surface area contributed by atoms with Crippen molar-refractivity contribution >= 4 is 33.2 Å². The Morgan fingerprint density at radius 2 is 1.89 bits per heavy atom. The molecule has 1 amide bonds. The second-order valence-electron chi connectivity index (χ2n) is 6.30. The number of hydrogen-bond donors (Lipinski definition) is 1. The zero-order valence-corrected chi connectivity index (χ0v) is 16.6. The standard InChI is InChI=1S/C19H20ClFN2O4S/c20-16-4-2-1-3-14(16)5-8-19(24)22-15-6-7-17(21)18(13-15)28(25,26)23-9-11-27-12-10-23/h1-4,6-7,13H,5,8-12H2,(H,22,24). The van der Waals surface area contributed by atoms with Crippen molar-refractivity contribution in [2.75, 3.05) is 31.6 Å². The molecule has 1 fully saturated rings. The molecule has 150 valence electrons. The van der Waals surface area contributed by atoms with E-state index in [1.54, 1.807) is 12.1 Å². The van der Waals surface area contributed by atoms with Crippen LogP contribution in [0, 0.1) is 5.82 Å². The van der Waals surface area contributed by atoms with Crippen LogP contribution in [0.2, 0.25) is 5.02 Å². The number of halogens is 2. The van der Waals surface area contributed by atoms with Gasteiger partial charge in [-0.05, 0) is 36.2 Å². The number of ether oxygens (including phenoxy) is 1. The van der Waals surface area contributed by atoms with E-state index < -0.39 is 20.7 Å². The Morgan fingerprint density at radius 3 is 2.61 bits per heavy atom. The molecule has 28 heavy (non-hydrogen) atoms. The van der Waals surface area contributed by atoms with Crippen molar-refractivity contribution in [3.63, 3.8) is 0 Å². The molecule has 0 radical (unpaired) electrons. The number of nitrogens with zero attached hydrogens (tertiary/aromatic N) is 1. The average molecular weight is 427 g/mol. The summed E-state index contributed by atoms with van der Waals surface area (Å²) in [5.41, 5.74) is 1.06. The van der Waals surface area contributed by atoms with Gasteiger partial charge in [-0.15, -0.1) is 0 Å². The maximum absolute atomic E-state index is 14.2. The Kier molecular flexibility index (Phi) is 6.66. The van der Waals surface area contributed by atoms with E-state index in [4.69, 9.17) is 16.3 Å². The molecule has 2 aromatic rings. The first-order valence-electron chi connectivity index (χ1n) is 8.78. The van der Waals surface area contributed by atoms with Crippen LogP contribution in [0.5, 0.6) is 0 Å². The van der Waals surface area contributed by atoms with Crippen molar-refractivity contribution in [2.24, 2.45) is 0 Å². The molecule has 3 rings (SSSR count). The maximum atomic E-state index is 14.2. The fraction of sp³-hybridized carbons (Fsp3) is 0.316. The van der Waals surface area contributed by atoms with Gasteiger partial charge in [0, 0.05) is 30.2 Å². The van der Waals surface area contributed by atoms with Crippen molar-refractivity contribution in [2.45, 2.75) is 17.7 Å². The van der Waals surface area contributed by atoms with Gasteiger partial charge in [-0.2, -0.15) is 4.31 Å². The number of anilines is 1. The highest BCUT2D eigenvalue weighted by molar-refractivity contribution is 7.89. The van der Waals surface area contributed by atoms with E-state index in [2.05, 4.69) is 5.32 Å². The minimum atomic E-state index is -4.00. The van der Waals surface area contributed by atoms with Gasteiger partial charge in [0.2, 0.25) is 15.9 Å². The highest BCUT2D eigenvalue weighted by atomic mass is 35.5. The first-order chi connectivity index (χ1) is 13.4. The largest absolute Gasteiger partial charge is 0.379 e. The van der Waals surface area contributed by atoms with E-state index in [0.29, 0.717) is 11.4 Å². The van der Waals surface area contributed by atoms with Crippen molar-refractivity contribution in [1.82, 2.24) is 4.31 Å². The van der Waals surface area contributed by atoms with Crippen molar-refractivity contribution < 1.29 is 22.3 Å². The molecule has 0 aromatic heterocycles. The Morgan fingerprint density at radius 1 is 1.18 bits per heavy atom. The van der Waals surface area contributed by atoms with Crippen LogP contribution in [-0.4, -0.2) is 44.9 Å². The Bertz CT molecular complexity index is 962. The fourth-order valence-electron chi connectivity index (χ4n) is 2.88. The number of benzene rings is 2. The average Bonchev–Trinajstić information content (AvgIpc) is 2.69. The summed E-state index contributed by atoms with van der Waals surface area (Å²) in [4.78, 5) is 11.8. The molecule has 2 aromatic carbocycles. The zero-order chi connectivity index (χ0) is 20.1. The molecule has 1 aliphatic heterocycles. The van der Waals surface area contributed by atoms with Crippen molar-refractivity contribution in [3.05, 3.63) is 58.9 Å². The predicted octanol–water partition coefficient (Wildman–Crippen LogP) is 3.07.